The van der Waals surface area contributed by atoms with Gasteiger partial charge in [-0.15, -0.1) is 0 Å². The third-order valence-corrected chi connectivity index (χ3v) is 5.12. The van der Waals surface area contributed by atoms with Crippen LogP contribution in [0.1, 0.15) is 30.1 Å². The highest BCUT2D eigenvalue weighted by molar-refractivity contribution is 5.76. The number of para-hydroxylation sites is 1. The number of likely N-dealkylation sites (tertiary alicyclic amines) is 1. The van der Waals surface area contributed by atoms with E-state index in [9.17, 15) is 4.79 Å². The number of hydrogen-bond donors (Lipinski definition) is 2. The van der Waals surface area contributed by atoms with Crippen molar-refractivity contribution in [1.29, 1.82) is 0 Å². The fraction of sp³-hybridized carbons (Fsp3) is 0.450. The minimum atomic E-state index is 0.131. The maximum atomic E-state index is 12.4. The summed E-state index contributed by atoms with van der Waals surface area (Å²) in [7, 11) is 3.76. The number of benzene rings is 1. The van der Waals surface area contributed by atoms with Gasteiger partial charge < -0.3 is 19.5 Å². The van der Waals surface area contributed by atoms with Crippen molar-refractivity contribution in [3.63, 3.8) is 0 Å². The Morgan fingerprint density at radius 2 is 2.16 bits per heavy atom. The van der Waals surface area contributed by atoms with Gasteiger partial charge in [0.2, 0.25) is 0 Å². The Bertz CT molecular complexity index is 710. The highest BCUT2D eigenvalue weighted by Gasteiger charge is 2.32. The van der Waals surface area contributed by atoms with E-state index in [1.54, 1.807) is 7.11 Å². The van der Waals surface area contributed by atoms with Gasteiger partial charge in [0.25, 0.3) is 5.91 Å². The van der Waals surface area contributed by atoms with Gasteiger partial charge in [-0.05, 0) is 30.2 Å². The van der Waals surface area contributed by atoms with Crippen LogP contribution in [0, 0.1) is 0 Å². The number of aryl methyl sites for hydroxylation is 1. The summed E-state index contributed by atoms with van der Waals surface area (Å²) in [6.07, 6.45) is 5.20. The molecule has 1 aromatic heterocycles. The summed E-state index contributed by atoms with van der Waals surface area (Å²) >= 11 is 0. The maximum Gasteiger partial charge on any atom is 0.275 e. The molecule has 1 amide bonds. The van der Waals surface area contributed by atoms with Gasteiger partial charge in [0.05, 0.1) is 19.3 Å². The molecule has 25 heavy (non-hydrogen) atoms. The van der Waals surface area contributed by atoms with Gasteiger partial charge in [0.15, 0.2) is 6.54 Å². The fourth-order valence-corrected chi connectivity index (χ4v) is 3.83. The van der Waals surface area contributed by atoms with E-state index in [0.717, 1.165) is 30.7 Å². The third kappa shape index (κ3) is 4.23. The molecule has 1 unspecified atom stereocenters. The second-order valence-electron chi connectivity index (χ2n) is 6.74. The van der Waals surface area contributed by atoms with Gasteiger partial charge in [-0.2, -0.15) is 0 Å². The first kappa shape index (κ1) is 17.5. The van der Waals surface area contributed by atoms with Gasteiger partial charge in [-0.25, -0.2) is 0 Å². The zero-order chi connectivity index (χ0) is 17.6. The first-order chi connectivity index (χ1) is 12.2. The largest absolute Gasteiger partial charge is 0.496 e. The second-order valence-corrected chi connectivity index (χ2v) is 6.74. The number of rotatable bonds is 7. The van der Waals surface area contributed by atoms with E-state index in [0.29, 0.717) is 19.1 Å². The number of hydrogen-bond acceptors (Lipinski definition) is 2. The topological polar surface area (TPSA) is 47.7 Å². The van der Waals surface area contributed by atoms with E-state index < -0.39 is 0 Å². The Morgan fingerprint density at radius 3 is 2.92 bits per heavy atom. The number of nitrogens with one attached hydrogen (secondary N) is 2. The van der Waals surface area contributed by atoms with E-state index >= 15 is 0 Å². The van der Waals surface area contributed by atoms with Gasteiger partial charge in [-0.3, -0.25) is 4.79 Å². The number of ether oxygens (including phenoxy) is 1. The van der Waals surface area contributed by atoms with Crippen LogP contribution in [-0.4, -0.2) is 37.2 Å². The van der Waals surface area contributed by atoms with Crippen molar-refractivity contribution in [3.05, 3.63) is 53.9 Å². The molecular formula is C20H28N3O2+. The Labute approximate surface area is 149 Å². The normalized spacial score (nSPS) is 19.8. The molecule has 0 bridgehead atoms. The van der Waals surface area contributed by atoms with Crippen molar-refractivity contribution < 1.29 is 14.4 Å². The Balaban J connectivity index is 1.50. The molecule has 1 aliphatic heterocycles. The zero-order valence-electron chi connectivity index (χ0n) is 15.1. The lowest BCUT2D eigenvalue weighted by atomic mass is 10.1. The van der Waals surface area contributed by atoms with Crippen molar-refractivity contribution in [2.24, 2.45) is 7.05 Å². The number of amides is 1. The van der Waals surface area contributed by atoms with E-state index in [4.69, 9.17) is 4.74 Å². The molecule has 134 valence electrons. The Morgan fingerprint density at radius 1 is 1.32 bits per heavy atom. The smallest absolute Gasteiger partial charge is 0.275 e. The molecule has 2 heterocycles. The number of carbonyl (C=O) groups excluding carboxylic acids is 1. The van der Waals surface area contributed by atoms with Gasteiger partial charge in [-0.1, -0.05) is 18.2 Å². The highest BCUT2D eigenvalue weighted by atomic mass is 16.5. The summed E-state index contributed by atoms with van der Waals surface area (Å²) in [6.45, 7) is 2.25. The molecule has 1 aromatic carbocycles. The fourth-order valence-electron chi connectivity index (χ4n) is 3.83. The van der Waals surface area contributed by atoms with Gasteiger partial charge in [0.1, 0.15) is 11.8 Å². The molecule has 0 aliphatic carbocycles. The molecular weight excluding hydrogens is 314 g/mol. The van der Waals surface area contributed by atoms with Crippen LogP contribution in [0.2, 0.25) is 0 Å². The molecule has 0 spiro atoms. The Hall–Kier alpha value is -2.27. The minimum absolute atomic E-state index is 0.131. The number of carbonyl (C=O) groups is 1. The van der Waals surface area contributed by atoms with Crippen LogP contribution in [0.25, 0.3) is 0 Å². The molecule has 5 nitrogen and oxygen atoms in total. The number of quaternary nitrogens is 1. The predicted molar refractivity (Wildman–Crippen MR) is 97.8 cm³/mol. The number of nitrogens with zero attached hydrogens (tertiary/aromatic N) is 1. The quantitative estimate of drug-likeness (QED) is 0.792. The zero-order valence-corrected chi connectivity index (χ0v) is 15.1. The second kappa shape index (κ2) is 8.21. The lowest BCUT2D eigenvalue weighted by molar-refractivity contribution is -0.911. The van der Waals surface area contributed by atoms with Crippen LogP contribution in [-0.2, 0) is 18.3 Å². The van der Waals surface area contributed by atoms with Crippen molar-refractivity contribution in [2.45, 2.75) is 25.3 Å². The summed E-state index contributed by atoms with van der Waals surface area (Å²) in [4.78, 5) is 13.7. The molecule has 2 aromatic rings. The molecule has 1 saturated heterocycles. The van der Waals surface area contributed by atoms with Crippen molar-refractivity contribution in [2.75, 3.05) is 26.7 Å². The first-order valence-electron chi connectivity index (χ1n) is 9.03. The van der Waals surface area contributed by atoms with Crippen LogP contribution in [0.5, 0.6) is 5.75 Å². The average Bonchev–Trinajstić information content (AvgIpc) is 3.23. The van der Waals surface area contributed by atoms with Crippen LogP contribution in [0.15, 0.2) is 42.6 Å². The molecule has 5 heteroatoms. The molecule has 3 rings (SSSR count). The maximum absolute atomic E-state index is 12.4. The van der Waals surface area contributed by atoms with E-state index in [1.807, 2.05) is 24.3 Å². The summed E-state index contributed by atoms with van der Waals surface area (Å²) < 4.78 is 7.53. The Kier molecular flexibility index (Phi) is 5.76. The average molecular weight is 342 g/mol. The van der Waals surface area contributed by atoms with E-state index in [-0.39, 0.29) is 5.91 Å². The predicted octanol–water partition coefficient (Wildman–Crippen LogP) is 1.11. The van der Waals surface area contributed by atoms with E-state index in [1.165, 1.54) is 17.0 Å². The van der Waals surface area contributed by atoms with Crippen LogP contribution >= 0.6 is 0 Å². The molecule has 1 fully saturated rings. The molecule has 2 N–H and O–H groups in total. The van der Waals surface area contributed by atoms with Crippen LogP contribution in [0.4, 0.5) is 0 Å². The van der Waals surface area contributed by atoms with Crippen molar-refractivity contribution >= 4 is 5.91 Å². The summed E-state index contributed by atoms with van der Waals surface area (Å²) in [5.41, 5.74) is 2.45. The monoisotopic (exact) mass is 342 g/mol. The lowest BCUT2D eigenvalue weighted by Gasteiger charge is -2.21. The molecule has 2 atom stereocenters. The summed E-state index contributed by atoms with van der Waals surface area (Å²) in [6, 6.07) is 12.6. The van der Waals surface area contributed by atoms with Crippen LogP contribution in [0.3, 0.4) is 0 Å². The number of methoxy groups -OCH3 is 1. The molecule has 0 saturated carbocycles. The number of aromatic nitrogens is 1. The van der Waals surface area contributed by atoms with Gasteiger partial charge in [0, 0.05) is 32.6 Å². The SMILES string of the molecule is COc1ccccc1CCNC(=O)C[NH+]1CCC[C@@H]1c1cccn1C. The third-order valence-electron chi connectivity index (χ3n) is 5.12. The van der Waals surface area contributed by atoms with E-state index in [2.05, 4.69) is 35.3 Å². The molecule has 1 aliphatic rings. The standard InChI is InChI=1S/C20H27N3O2/c1-22-13-5-8-17(22)18-9-6-14-23(18)15-20(24)21-12-11-16-7-3-4-10-19(16)25-2/h3-5,7-8,10,13,18H,6,9,11-12,14-15H2,1-2H3,(H,21,24)/p+1/t18-/m1/s1. The highest BCUT2D eigenvalue weighted by Crippen LogP contribution is 2.19. The first-order valence-corrected chi connectivity index (χ1v) is 9.03. The van der Waals surface area contributed by atoms with Crippen LogP contribution < -0.4 is 15.0 Å². The summed E-state index contributed by atoms with van der Waals surface area (Å²) in [5, 5.41) is 3.07. The summed E-state index contributed by atoms with van der Waals surface area (Å²) in [5.74, 6) is 1.01. The van der Waals surface area contributed by atoms with Crippen molar-refractivity contribution in [1.82, 2.24) is 9.88 Å². The van der Waals surface area contributed by atoms with Gasteiger partial charge >= 0.3 is 0 Å². The minimum Gasteiger partial charge on any atom is -0.496 e. The molecule has 0 radical (unpaired) electrons. The lowest BCUT2D eigenvalue weighted by Crippen LogP contribution is -3.11. The van der Waals surface area contributed by atoms with Crippen molar-refractivity contribution in [3.8, 4) is 5.75 Å².